The predicted octanol–water partition coefficient (Wildman–Crippen LogP) is 3.34. The molecule has 10 nitrogen and oxygen atoms in total. The van der Waals surface area contributed by atoms with Crippen molar-refractivity contribution in [1.29, 1.82) is 5.26 Å². The first-order valence-corrected chi connectivity index (χ1v) is 12.8. The number of nitrogens with zero attached hydrogens (tertiary/aromatic N) is 3. The third kappa shape index (κ3) is 7.26. The first kappa shape index (κ1) is 25.7. The molecule has 12 heteroatoms. The number of nitrogens with one attached hydrogen (secondary N) is 1. The lowest BCUT2D eigenvalue weighted by molar-refractivity contribution is -0.112. The summed E-state index contributed by atoms with van der Waals surface area (Å²) >= 11 is 0.727. The molecule has 3 aromatic rings. The molecule has 0 aliphatic rings. The SMILES string of the molecule is CCS(=O)(=O)c1nnc(NC(=O)/C(C#N)=C\c2ccc(OCCOc3cccc(OC)c3)cc2)s1. The molecule has 0 radical (unpaired) electrons. The summed E-state index contributed by atoms with van der Waals surface area (Å²) in [6.45, 7) is 2.13. The average molecular weight is 515 g/mol. The molecule has 3 rings (SSSR count). The highest BCUT2D eigenvalue weighted by Gasteiger charge is 2.19. The second kappa shape index (κ2) is 12.0. The Kier molecular flexibility index (Phi) is 8.77. The predicted molar refractivity (Wildman–Crippen MR) is 130 cm³/mol. The Bertz CT molecular complexity index is 1340. The maximum absolute atomic E-state index is 12.4. The molecule has 1 amide bonds. The number of nitriles is 1. The first-order chi connectivity index (χ1) is 16.8. The van der Waals surface area contributed by atoms with Gasteiger partial charge in [-0.1, -0.05) is 36.5 Å². The monoisotopic (exact) mass is 514 g/mol. The van der Waals surface area contributed by atoms with E-state index in [1.165, 1.54) is 13.0 Å². The van der Waals surface area contributed by atoms with Gasteiger partial charge in [-0.3, -0.25) is 10.1 Å². The van der Waals surface area contributed by atoms with Gasteiger partial charge in [-0.25, -0.2) is 8.42 Å². The number of anilines is 1. The van der Waals surface area contributed by atoms with Crippen molar-refractivity contribution >= 4 is 38.3 Å². The number of hydrogen-bond donors (Lipinski definition) is 1. The van der Waals surface area contributed by atoms with Crippen LogP contribution in [-0.4, -0.2) is 50.6 Å². The maximum Gasteiger partial charge on any atom is 0.268 e. The molecule has 35 heavy (non-hydrogen) atoms. The first-order valence-electron chi connectivity index (χ1n) is 10.3. The van der Waals surface area contributed by atoms with Crippen LogP contribution in [-0.2, 0) is 14.6 Å². The van der Waals surface area contributed by atoms with E-state index in [9.17, 15) is 18.5 Å². The average Bonchev–Trinajstić information content (AvgIpc) is 3.35. The van der Waals surface area contributed by atoms with Crippen LogP contribution in [0.1, 0.15) is 12.5 Å². The summed E-state index contributed by atoms with van der Waals surface area (Å²) in [5.41, 5.74) is 0.420. The Morgan fingerprint density at radius 3 is 2.43 bits per heavy atom. The topological polar surface area (TPSA) is 140 Å². The number of benzene rings is 2. The van der Waals surface area contributed by atoms with Crippen molar-refractivity contribution in [3.63, 3.8) is 0 Å². The van der Waals surface area contributed by atoms with Crippen LogP contribution in [0, 0.1) is 11.3 Å². The molecule has 0 fully saturated rings. The van der Waals surface area contributed by atoms with Gasteiger partial charge in [0.1, 0.15) is 42.1 Å². The lowest BCUT2D eigenvalue weighted by Crippen LogP contribution is -2.13. The van der Waals surface area contributed by atoms with Crippen LogP contribution in [0.3, 0.4) is 0 Å². The van der Waals surface area contributed by atoms with E-state index < -0.39 is 15.7 Å². The van der Waals surface area contributed by atoms with Gasteiger partial charge in [0.05, 0.1) is 12.9 Å². The molecule has 0 aliphatic heterocycles. The van der Waals surface area contributed by atoms with Crippen molar-refractivity contribution < 1.29 is 27.4 Å². The third-order valence-electron chi connectivity index (χ3n) is 4.49. The highest BCUT2D eigenvalue weighted by molar-refractivity contribution is 7.93. The second-order valence-corrected chi connectivity index (χ2v) is 10.3. The number of carbonyl (C=O) groups is 1. The molecule has 0 saturated carbocycles. The summed E-state index contributed by atoms with van der Waals surface area (Å²) in [5.74, 6) is 1.12. The normalized spacial score (nSPS) is 11.4. The van der Waals surface area contributed by atoms with E-state index in [1.807, 2.05) is 24.3 Å². The highest BCUT2D eigenvalue weighted by Crippen LogP contribution is 2.22. The molecule has 182 valence electrons. The van der Waals surface area contributed by atoms with Gasteiger partial charge in [0.25, 0.3) is 5.91 Å². The van der Waals surface area contributed by atoms with E-state index in [0.29, 0.717) is 36.0 Å². The fraction of sp³-hybridized carbons (Fsp3) is 0.217. The maximum atomic E-state index is 12.4. The van der Waals surface area contributed by atoms with Crippen LogP contribution in [0.4, 0.5) is 5.13 Å². The van der Waals surface area contributed by atoms with Crippen molar-refractivity contribution in [2.24, 2.45) is 0 Å². The summed E-state index contributed by atoms with van der Waals surface area (Å²) in [7, 11) is -1.94. The van der Waals surface area contributed by atoms with Gasteiger partial charge in [0, 0.05) is 6.07 Å². The van der Waals surface area contributed by atoms with Crippen LogP contribution < -0.4 is 19.5 Å². The van der Waals surface area contributed by atoms with Gasteiger partial charge >= 0.3 is 0 Å². The Morgan fingerprint density at radius 1 is 1.09 bits per heavy atom. The second-order valence-electron chi connectivity index (χ2n) is 6.85. The van der Waals surface area contributed by atoms with Gasteiger partial charge in [-0.05, 0) is 35.9 Å². The molecule has 0 aliphatic carbocycles. The molecule has 1 heterocycles. The van der Waals surface area contributed by atoms with Crippen LogP contribution in [0.15, 0.2) is 58.4 Å². The van der Waals surface area contributed by atoms with Crippen molar-refractivity contribution in [3.05, 3.63) is 59.7 Å². The Labute approximate surface area is 206 Å². The van der Waals surface area contributed by atoms with Gasteiger partial charge in [-0.15, -0.1) is 10.2 Å². The van der Waals surface area contributed by atoms with Crippen molar-refractivity contribution in [3.8, 4) is 23.3 Å². The number of carbonyl (C=O) groups excluding carboxylic acids is 1. The van der Waals surface area contributed by atoms with Crippen molar-refractivity contribution in [2.45, 2.75) is 11.3 Å². The van der Waals surface area contributed by atoms with Crippen LogP contribution >= 0.6 is 11.3 Å². The Balaban J connectivity index is 1.54. The molecule has 2 aromatic carbocycles. The number of amides is 1. The molecule has 1 aromatic heterocycles. The van der Waals surface area contributed by atoms with Gasteiger partial charge in [0.15, 0.2) is 0 Å². The van der Waals surface area contributed by atoms with Gasteiger partial charge < -0.3 is 14.2 Å². The van der Waals surface area contributed by atoms with E-state index in [4.69, 9.17) is 14.2 Å². The molecule has 0 atom stereocenters. The van der Waals surface area contributed by atoms with E-state index in [1.54, 1.807) is 37.4 Å². The minimum atomic E-state index is -3.53. The standard InChI is InChI=1S/C23H22N4O6S2/c1-3-35(29,30)23-27-26-22(34-23)25-21(28)17(15-24)13-16-7-9-18(10-8-16)32-11-12-33-20-6-4-5-19(14-20)31-2/h4-10,13-14H,3,11-12H2,1-2H3,(H,25,26,28)/b17-13-. The quantitative estimate of drug-likeness (QED) is 0.176. The number of aromatic nitrogens is 2. The highest BCUT2D eigenvalue weighted by atomic mass is 32.2. The lowest BCUT2D eigenvalue weighted by atomic mass is 10.1. The van der Waals surface area contributed by atoms with Crippen LogP contribution in [0.5, 0.6) is 17.2 Å². The molecule has 0 saturated heterocycles. The number of rotatable bonds is 11. The molecule has 0 spiro atoms. The lowest BCUT2D eigenvalue weighted by Gasteiger charge is -2.09. The molecule has 0 unspecified atom stereocenters. The zero-order chi connectivity index (χ0) is 25.3. The number of methoxy groups -OCH3 is 1. The summed E-state index contributed by atoms with van der Waals surface area (Å²) in [6.07, 6.45) is 1.40. The minimum absolute atomic E-state index is 0.0110. The third-order valence-corrected chi connectivity index (χ3v) is 7.51. The van der Waals surface area contributed by atoms with E-state index >= 15 is 0 Å². The fourth-order valence-electron chi connectivity index (χ4n) is 2.66. The van der Waals surface area contributed by atoms with Gasteiger partial charge in [0.2, 0.25) is 19.3 Å². The fourth-order valence-corrected chi connectivity index (χ4v) is 4.64. The molecule has 0 bridgehead atoms. The van der Waals surface area contributed by atoms with Crippen molar-refractivity contribution in [1.82, 2.24) is 10.2 Å². The molecular weight excluding hydrogens is 492 g/mol. The summed E-state index contributed by atoms with van der Waals surface area (Å²) < 4.78 is 39.9. The van der Waals surface area contributed by atoms with Crippen LogP contribution in [0.25, 0.3) is 6.08 Å². The zero-order valence-corrected chi connectivity index (χ0v) is 20.6. The van der Waals surface area contributed by atoms with Crippen molar-refractivity contribution in [2.75, 3.05) is 31.4 Å². The number of hydrogen-bond acceptors (Lipinski definition) is 10. The zero-order valence-electron chi connectivity index (χ0n) is 18.9. The summed E-state index contributed by atoms with van der Waals surface area (Å²) in [6, 6.07) is 15.9. The van der Waals surface area contributed by atoms with E-state index in [2.05, 4.69) is 15.5 Å². The van der Waals surface area contributed by atoms with E-state index in [-0.39, 0.29) is 20.8 Å². The number of sulfone groups is 1. The largest absolute Gasteiger partial charge is 0.497 e. The van der Waals surface area contributed by atoms with Crippen LogP contribution in [0.2, 0.25) is 0 Å². The smallest absolute Gasteiger partial charge is 0.268 e. The summed E-state index contributed by atoms with van der Waals surface area (Å²) in [5, 5.41) is 19.0. The molecule has 1 N–H and O–H groups in total. The van der Waals surface area contributed by atoms with Gasteiger partial charge in [-0.2, -0.15) is 5.26 Å². The Morgan fingerprint density at radius 2 is 1.77 bits per heavy atom. The summed E-state index contributed by atoms with van der Waals surface area (Å²) in [4.78, 5) is 12.4. The molecular formula is C23H22N4O6S2. The Hall–Kier alpha value is -3.95. The van der Waals surface area contributed by atoms with E-state index in [0.717, 1.165) is 11.3 Å². The number of ether oxygens (including phenoxy) is 3. The minimum Gasteiger partial charge on any atom is -0.497 e.